The first-order valence-electron chi connectivity index (χ1n) is 5.96. The molecule has 3 amide bonds. The molecule has 0 spiro atoms. The number of carbonyl (C=O) groups is 4. The van der Waals surface area contributed by atoms with Crippen molar-refractivity contribution >= 4 is 50.8 Å². The molecule has 2 rings (SSSR count). The van der Waals surface area contributed by atoms with E-state index in [4.69, 9.17) is 0 Å². The Balaban J connectivity index is 0.00000288. The van der Waals surface area contributed by atoms with Gasteiger partial charge in [-0.25, -0.2) is 17.7 Å². The van der Waals surface area contributed by atoms with Crippen LogP contribution in [0.1, 0.15) is 17.4 Å². The number of nitrogens with one attached hydrogen (secondary N) is 2. The average molecular weight is 400 g/mol. The van der Waals surface area contributed by atoms with Gasteiger partial charge in [-0.15, -0.1) is 11.3 Å². The second-order valence-electron chi connectivity index (χ2n) is 4.41. The number of nitrogens with zero attached hydrogens (tertiary/aromatic N) is 2. The van der Waals surface area contributed by atoms with Crippen LogP contribution in [0.25, 0.3) is 0 Å². The van der Waals surface area contributed by atoms with Crippen LogP contribution in [0.5, 0.6) is 0 Å². The quantitative estimate of drug-likeness (QED) is 0.120. The Morgan fingerprint density at radius 2 is 2.08 bits per heavy atom. The monoisotopic (exact) mass is 400 g/mol. The van der Waals surface area contributed by atoms with Crippen LogP contribution in [0.4, 0.5) is 5.13 Å². The topological polar surface area (TPSA) is 166 Å². The Morgan fingerprint density at radius 3 is 2.58 bits per heavy atom. The van der Waals surface area contributed by atoms with Gasteiger partial charge >= 0.3 is 51.4 Å². The molecule has 24 heavy (non-hydrogen) atoms. The summed E-state index contributed by atoms with van der Waals surface area (Å²) in [6, 6.07) is -2.38. The van der Waals surface area contributed by atoms with Gasteiger partial charge in [0.25, 0.3) is 17.6 Å². The minimum absolute atomic E-state index is 0. The van der Waals surface area contributed by atoms with E-state index in [2.05, 4.69) is 10.3 Å². The summed E-state index contributed by atoms with van der Waals surface area (Å²) in [7, 11) is -4.96. The number of aromatic nitrogens is 1. The van der Waals surface area contributed by atoms with Crippen molar-refractivity contribution in [2.75, 3.05) is 5.32 Å². The summed E-state index contributed by atoms with van der Waals surface area (Å²) in [5.74, 6) is -3.36. The Kier molecular flexibility index (Phi) is 7.18. The number of thiazole rings is 1. The van der Waals surface area contributed by atoms with E-state index in [1.54, 1.807) is 0 Å². The number of β-lactam (4-membered cyclic amide) rings is 1. The van der Waals surface area contributed by atoms with Gasteiger partial charge < -0.3 is 15.2 Å². The maximum atomic E-state index is 11.8. The first-order valence-corrected chi connectivity index (χ1v) is 8.21. The number of Topliss-reactive ketones (excluding diaryl/α,β-unsaturated/α-hetero) is 1. The predicted molar refractivity (Wildman–Crippen MR) is 74.1 cm³/mol. The van der Waals surface area contributed by atoms with Crippen molar-refractivity contribution in [3.63, 3.8) is 0 Å². The first kappa shape index (κ1) is 21.3. The van der Waals surface area contributed by atoms with Crippen molar-refractivity contribution in [3.8, 4) is 0 Å². The first-order chi connectivity index (χ1) is 10.7. The predicted octanol–water partition coefficient (Wildman–Crippen LogP) is -4.93. The summed E-state index contributed by atoms with van der Waals surface area (Å²) in [5, 5.41) is 5.59. The molecular formula is C10H9KN4O7S2. The minimum Gasteiger partial charge on any atom is -0.731 e. The summed E-state index contributed by atoms with van der Waals surface area (Å²) in [6.07, 6.45) is 0.347. The molecule has 0 aromatic carbocycles. The molecule has 1 saturated heterocycles. The van der Waals surface area contributed by atoms with Crippen LogP contribution in [0, 0.1) is 0 Å². The summed E-state index contributed by atoms with van der Waals surface area (Å²) < 4.78 is 32.5. The van der Waals surface area contributed by atoms with E-state index in [0.717, 1.165) is 11.3 Å². The van der Waals surface area contributed by atoms with Gasteiger partial charge in [0.2, 0.25) is 6.41 Å². The largest absolute Gasteiger partial charge is 1.00 e. The summed E-state index contributed by atoms with van der Waals surface area (Å²) >= 11 is 0.913. The van der Waals surface area contributed by atoms with Gasteiger partial charge in [-0.05, 0) is 6.92 Å². The molecule has 1 aromatic heterocycles. The fourth-order valence-corrected chi connectivity index (χ4v) is 3.42. The average Bonchev–Trinajstić information content (AvgIpc) is 2.91. The third-order valence-corrected chi connectivity index (χ3v) is 4.76. The van der Waals surface area contributed by atoms with E-state index >= 15 is 0 Å². The Hall–Kier alpha value is -0.744. The number of ketones is 1. The molecule has 2 N–H and O–H groups in total. The molecule has 1 fully saturated rings. The molecule has 0 saturated carbocycles. The van der Waals surface area contributed by atoms with Crippen molar-refractivity contribution < 1.29 is 83.5 Å². The smallest absolute Gasteiger partial charge is 0.731 e. The molecule has 11 nitrogen and oxygen atoms in total. The van der Waals surface area contributed by atoms with Gasteiger partial charge in [-0.2, -0.15) is 0 Å². The minimum atomic E-state index is -4.96. The second kappa shape index (κ2) is 8.09. The molecule has 1 aromatic rings. The molecule has 0 unspecified atom stereocenters. The van der Waals surface area contributed by atoms with Gasteiger partial charge in [0, 0.05) is 5.38 Å². The molecule has 0 bridgehead atoms. The summed E-state index contributed by atoms with van der Waals surface area (Å²) in [5.41, 5.74) is -0.246. The van der Waals surface area contributed by atoms with Crippen LogP contribution in [0.2, 0.25) is 0 Å². The molecule has 14 heteroatoms. The molecule has 0 aliphatic carbocycles. The Bertz CT molecular complexity index is 793. The third-order valence-electron chi connectivity index (χ3n) is 2.99. The standard InChI is InChI=1S/C10H10N4O7S2.K/c1-4-6(9(18)14(4)23(19,20)21)13-8(17)7(16)5-2-22-10(12-5)11-3-15;/h2-4,6H,1H3,(H,13,17)(H,11,12,15)(H,19,20,21);/q;+1/p-1/t4-,6+;/m1./s1. The van der Waals surface area contributed by atoms with Crippen LogP contribution in [0.3, 0.4) is 0 Å². The van der Waals surface area contributed by atoms with Crippen molar-refractivity contribution in [2.24, 2.45) is 0 Å². The van der Waals surface area contributed by atoms with Crippen LogP contribution in [0.15, 0.2) is 5.38 Å². The molecule has 124 valence electrons. The molecule has 1 aliphatic heterocycles. The van der Waals surface area contributed by atoms with Crippen LogP contribution in [-0.4, -0.2) is 58.4 Å². The van der Waals surface area contributed by atoms with Crippen molar-refractivity contribution in [1.29, 1.82) is 0 Å². The Morgan fingerprint density at radius 1 is 1.46 bits per heavy atom. The molecule has 0 radical (unpaired) electrons. The summed E-state index contributed by atoms with van der Waals surface area (Å²) in [4.78, 5) is 49.1. The second-order valence-corrected chi connectivity index (χ2v) is 6.52. The maximum Gasteiger partial charge on any atom is 1.00 e. The maximum absolute atomic E-state index is 11.8. The normalized spacial score (nSPS) is 19.8. The van der Waals surface area contributed by atoms with E-state index in [-0.39, 0.29) is 66.5 Å². The molecule has 1 aliphatic rings. The fraction of sp³-hybridized carbons (Fsp3) is 0.300. The van der Waals surface area contributed by atoms with Gasteiger partial charge in [0.1, 0.15) is 11.7 Å². The number of amides is 3. The fourth-order valence-electron chi connectivity index (χ4n) is 1.91. The third kappa shape index (κ3) is 4.26. The number of hydrogen-bond donors (Lipinski definition) is 2. The van der Waals surface area contributed by atoms with Crippen LogP contribution >= 0.6 is 11.3 Å². The van der Waals surface area contributed by atoms with E-state index in [9.17, 15) is 32.1 Å². The van der Waals surface area contributed by atoms with E-state index < -0.39 is 40.0 Å². The zero-order valence-corrected chi connectivity index (χ0v) is 17.1. The van der Waals surface area contributed by atoms with Gasteiger partial charge in [-0.1, -0.05) is 0 Å². The van der Waals surface area contributed by atoms with E-state index in [1.165, 1.54) is 12.3 Å². The number of hydrogen-bond acceptors (Lipinski definition) is 9. The molecule has 2 heterocycles. The SMILES string of the molecule is C[C@@H]1[C@H](NC(=O)C(=O)c2csc(NC=O)n2)C(=O)N1S(=O)(=O)[O-].[K+]. The van der Waals surface area contributed by atoms with Crippen LogP contribution < -0.4 is 62.0 Å². The van der Waals surface area contributed by atoms with Gasteiger partial charge in [0.15, 0.2) is 15.4 Å². The van der Waals surface area contributed by atoms with Crippen LogP contribution in [-0.2, 0) is 24.7 Å². The van der Waals surface area contributed by atoms with Crippen molar-refractivity contribution in [2.45, 2.75) is 19.0 Å². The molecular weight excluding hydrogens is 391 g/mol. The zero-order chi connectivity index (χ0) is 17.4. The molecule has 2 atom stereocenters. The number of rotatable bonds is 6. The van der Waals surface area contributed by atoms with Crippen molar-refractivity contribution in [1.82, 2.24) is 14.6 Å². The summed E-state index contributed by atoms with van der Waals surface area (Å²) in [6.45, 7) is 1.24. The zero-order valence-electron chi connectivity index (χ0n) is 12.4. The van der Waals surface area contributed by atoms with Gasteiger partial charge in [0.05, 0.1) is 6.04 Å². The Labute approximate surface area is 182 Å². The van der Waals surface area contributed by atoms with Gasteiger partial charge in [-0.3, -0.25) is 19.2 Å². The van der Waals surface area contributed by atoms with E-state index in [0.29, 0.717) is 6.41 Å². The van der Waals surface area contributed by atoms with E-state index in [1.807, 2.05) is 5.32 Å². The van der Waals surface area contributed by atoms with Crippen molar-refractivity contribution in [3.05, 3.63) is 11.1 Å². The number of carbonyl (C=O) groups excluding carboxylic acids is 4. The number of anilines is 1.